The molecule has 0 radical (unpaired) electrons. The molecular weight excluding hydrogens is 300 g/mol. The van der Waals surface area contributed by atoms with Crippen molar-refractivity contribution >= 4 is 16.6 Å². The second kappa shape index (κ2) is 6.75. The lowest BCUT2D eigenvalue weighted by Gasteiger charge is -2.08. The molecule has 0 heterocycles. The van der Waals surface area contributed by atoms with Gasteiger partial charge < -0.3 is 9.84 Å². The van der Waals surface area contributed by atoms with Crippen LogP contribution in [0.25, 0.3) is 0 Å². The summed E-state index contributed by atoms with van der Waals surface area (Å²) in [5, 5.41) is 9.74. The average Bonchev–Trinajstić information content (AvgIpc) is 2.52. The number of aryl methyl sites for hydroxylation is 2. The predicted octanol–water partition coefficient (Wildman–Crippen LogP) is 3.01. The monoisotopic (exact) mass is 318 g/mol. The van der Waals surface area contributed by atoms with Crippen LogP contribution in [0.4, 0.5) is 0 Å². The van der Waals surface area contributed by atoms with Gasteiger partial charge in [-0.05, 0) is 61.4 Å². The molecule has 5 heteroatoms. The van der Waals surface area contributed by atoms with E-state index in [1.165, 1.54) is 0 Å². The molecule has 1 atom stereocenters. The van der Waals surface area contributed by atoms with Crippen molar-refractivity contribution in [3.8, 4) is 11.5 Å². The summed E-state index contributed by atoms with van der Waals surface area (Å²) in [5.74, 6) is 0.570. The van der Waals surface area contributed by atoms with Crippen LogP contribution < -0.4 is 4.74 Å². The number of hydrogen-bond donors (Lipinski definition) is 1. The Morgan fingerprint density at radius 3 is 2.18 bits per heavy atom. The summed E-state index contributed by atoms with van der Waals surface area (Å²) < 4.78 is 17.3. The first-order valence-electron chi connectivity index (χ1n) is 6.78. The number of aromatic hydroxyl groups is 1. The van der Waals surface area contributed by atoms with Crippen molar-refractivity contribution in [1.29, 1.82) is 0 Å². The minimum atomic E-state index is -1.41. The van der Waals surface area contributed by atoms with Crippen LogP contribution >= 0.6 is 0 Å². The maximum Gasteiger partial charge on any atom is 0.175 e. The van der Waals surface area contributed by atoms with Gasteiger partial charge in [0.2, 0.25) is 0 Å². The quantitative estimate of drug-likeness (QED) is 0.861. The van der Waals surface area contributed by atoms with Gasteiger partial charge in [-0.2, -0.15) is 0 Å². The van der Waals surface area contributed by atoms with Gasteiger partial charge in [0.05, 0.1) is 23.7 Å². The number of Topliss-reactive ketones (excluding diaryl/α,β-unsaturated/α-hetero) is 1. The van der Waals surface area contributed by atoms with E-state index in [0.29, 0.717) is 27.3 Å². The first-order chi connectivity index (χ1) is 10.4. The van der Waals surface area contributed by atoms with Gasteiger partial charge in [0.25, 0.3) is 0 Å². The van der Waals surface area contributed by atoms with Crippen LogP contribution in [0.3, 0.4) is 0 Å². The lowest BCUT2D eigenvalue weighted by atomic mass is 10.0. The summed E-state index contributed by atoms with van der Waals surface area (Å²) in [6.07, 6.45) is 0. The van der Waals surface area contributed by atoms with Crippen molar-refractivity contribution in [3.05, 3.63) is 53.1 Å². The molecule has 0 saturated heterocycles. The summed E-state index contributed by atoms with van der Waals surface area (Å²) >= 11 is 0. The Hall–Kier alpha value is -2.14. The first kappa shape index (κ1) is 16.2. The van der Waals surface area contributed by atoms with Crippen LogP contribution in [0.2, 0.25) is 0 Å². The molecule has 4 nitrogen and oxygen atoms in total. The van der Waals surface area contributed by atoms with Gasteiger partial charge in [0.15, 0.2) is 5.78 Å². The summed E-state index contributed by atoms with van der Waals surface area (Å²) in [5.41, 5.74) is 1.74. The van der Waals surface area contributed by atoms with Gasteiger partial charge in [0.1, 0.15) is 11.5 Å². The molecule has 0 amide bonds. The van der Waals surface area contributed by atoms with E-state index in [4.69, 9.17) is 4.74 Å². The Morgan fingerprint density at radius 2 is 1.68 bits per heavy atom. The van der Waals surface area contributed by atoms with E-state index in [0.717, 1.165) is 0 Å². The summed E-state index contributed by atoms with van der Waals surface area (Å²) in [7, 11) is 0.150. The molecule has 0 aliphatic heterocycles. The Balaban J connectivity index is 2.15. The van der Waals surface area contributed by atoms with Crippen LogP contribution in [-0.4, -0.2) is 28.0 Å². The number of ether oxygens (including phenoxy) is 1. The summed E-state index contributed by atoms with van der Waals surface area (Å²) in [6, 6.07) is 10.1. The maximum atomic E-state index is 12.3. The van der Waals surface area contributed by atoms with Crippen molar-refractivity contribution in [2.45, 2.75) is 18.7 Å². The van der Waals surface area contributed by atoms with E-state index in [2.05, 4.69) is 0 Å². The van der Waals surface area contributed by atoms with Crippen molar-refractivity contribution < 1.29 is 18.8 Å². The number of hydrogen-bond acceptors (Lipinski definition) is 4. The minimum absolute atomic E-state index is 0.0873. The maximum absolute atomic E-state index is 12.3. The highest BCUT2D eigenvalue weighted by molar-refractivity contribution is 7.85. The molecule has 2 aromatic carbocycles. The second-order valence-electron chi connectivity index (χ2n) is 5.05. The highest BCUT2D eigenvalue weighted by Crippen LogP contribution is 2.23. The molecule has 22 heavy (non-hydrogen) atoms. The molecular formula is C17H18O4S. The van der Waals surface area contributed by atoms with Crippen LogP contribution in [0, 0.1) is 13.8 Å². The summed E-state index contributed by atoms with van der Waals surface area (Å²) in [6.45, 7) is 3.47. The first-order valence-corrected chi connectivity index (χ1v) is 8.10. The second-order valence-corrected chi connectivity index (χ2v) is 6.50. The predicted molar refractivity (Wildman–Crippen MR) is 86.2 cm³/mol. The Labute approximate surface area is 132 Å². The molecule has 0 fully saturated rings. The van der Waals surface area contributed by atoms with Gasteiger partial charge in [-0.3, -0.25) is 9.00 Å². The molecule has 0 aromatic heterocycles. The Morgan fingerprint density at radius 1 is 1.14 bits per heavy atom. The van der Waals surface area contributed by atoms with Crippen LogP contribution in [0.1, 0.15) is 21.5 Å². The fourth-order valence-corrected chi connectivity index (χ4v) is 3.14. The number of carbonyl (C=O) groups is 1. The van der Waals surface area contributed by atoms with E-state index in [1.807, 2.05) is 0 Å². The number of rotatable bonds is 5. The van der Waals surface area contributed by atoms with Crippen LogP contribution in [0.5, 0.6) is 11.5 Å². The normalized spacial score (nSPS) is 12.0. The zero-order valence-corrected chi connectivity index (χ0v) is 13.6. The van der Waals surface area contributed by atoms with E-state index in [9.17, 15) is 14.1 Å². The minimum Gasteiger partial charge on any atom is -0.507 e. The fourth-order valence-electron chi connectivity index (χ4n) is 2.13. The number of ketones is 1. The number of carbonyl (C=O) groups excluding carboxylic acids is 1. The third kappa shape index (κ3) is 3.54. The van der Waals surface area contributed by atoms with Gasteiger partial charge in [-0.15, -0.1) is 0 Å². The molecule has 116 valence electrons. The molecule has 0 saturated carbocycles. The third-order valence-electron chi connectivity index (χ3n) is 3.40. The molecule has 2 rings (SSSR count). The SMILES string of the molecule is COc1ccc(S(=O)CC(=O)c2cc(C)c(O)c(C)c2)cc1. The molecule has 1 N–H and O–H groups in total. The van der Waals surface area contributed by atoms with Crippen molar-refractivity contribution in [2.24, 2.45) is 0 Å². The highest BCUT2D eigenvalue weighted by atomic mass is 32.2. The highest BCUT2D eigenvalue weighted by Gasteiger charge is 2.15. The van der Waals surface area contributed by atoms with E-state index in [1.54, 1.807) is 57.4 Å². The number of phenolic OH excluding ortho intramolecular Hbond substituents is 1. The zero-order chi connectivity index (χ0) is 16.3. The van der Waals surface area contributed by atoms with E-state index < -0.39 is 10.8 Å². The zero-order valence-electron chi connectivity index (χ0n) is 12.8. The van der Waals surface area contributed by atoms with Crippen molar-refractivity contribution in [1.82, 2.24) is 0 Å². The van der Waals surface area contributed by atoms with Gasteiger partial charge in [-0.1, -0.05) is 0 Å². The third-order valence-corrected chi connectivity index (χ3v) is 4.72. The standard InChI is InChI=1S/C17H18O4S/c1-11-8-13(9-12(2)17(11)19)16(18)10-22(20)15-6-4-14(21-3)5-7-15/h4-9,19H,10H2,1-3H3. The van der Waals surface area contributed by atoms with Gasteiger partial charge in [0, 0.05) is 10.5 Å². The molecule has 0 aliphatic carbocycles. The fraction of sp³-hybridized carbons (Fsp3) is 0.235. The largest absolute Gasteiger partial charge is 0.507 e. The molecule has 1 unspecified atom stereocenters. The van der Waals surface area contributed by atoms with E-state index >= 15 is 0 Å². The lowest BCUT2D eigenvalue weighted by molar-refractivity contribution is 0.102. The number of benzene rings is 2. The summed E-state index contributed by atoms with van der Waals surface area (Å²) in [4.78, 5) is 12.9. The van der Waals surface area contributed by atoms with Gasteiger partial charge >= 0.3 is 0 Å². The molecule has 0 bridgehead atoms. The number of methoxy groups -OCH3 is 1. The number of phenols is 1. The lowest BCUT2D eigenvalue weighted by Crippen LogP contribution is -2.11. The Kier molecular flexibility index (Phi) is 4.98. The molecule has 2 aromatic rings. The van der Waals surface area contributed by atoms with Gasteiger partial charge in [-0.25, -0.2) is 0 Å². The van der Waals surface area contributed by atoms with Crippen molar-refractivity contribution in [2.75, 3.05) is 12.9 Å². The average molecular weight is 318 g/mol. The van der Waals surface area contributed by atoms with Crippen LogP contribution in [0.15, 0.2) is 41.3 Å². The van der Waals surface area contributed by atoms with Crippen LogP contribution in [-0.2, 0) is 10.8 Å². The van der Waals surface area contributed by atoms with E-state index in [-0.39, 0.29) is 17.3 Å². The molecule has 0 aliphatic rings. The topological polar surface area (TPSA) is 63.6 Å². The smallest absolute Gasteiger partial charge is 0.175 e. The molecule has 0 spiro atoms. The Bertz CT molecular complexity index is 697. The van der Waals surface area contributed by atoms with Crippen molar-refractivity contribution in [3.63, 3.8) is 0 Å².